The summed E-state index contributed by atoms with van der Waals surface area (Å²) in [7, 11) is 3.82. The molecule has 1 aliphatic heterocycles. The van der Waals surface area contributed by atoms with E-state index in [1.54, 1.807) is 11.7 Å². The Bertz CT molecular complexity index is 731. The SMILES string of the molecule is CCC1c2nn(C)c(-c3cc(F)c(F)c(F)c3)c2CC(C)N1C. The minimum Gasteiger partial charge on any atom is -0.295 e. The van der Waals surface area contributed by atoms with Crippen molar-refractivity contribution in [2.75, 3.05) is 7.05 Å². The van der Waals surface area contributed by atoms with Crippen LogP contribution in [0.1, 0.15) is 37.6 Å². The first kappa shape index (κ1) is 16.1. The lowest BCUT2D eigenvalue weighted by molar-refractivity contribution is 0.159. The third-order valence-corrected chi connectivity index (χ3v) is 4.82. The minimum atomic E-state index is -1.44. The average molecular weight is 323 g/mol. The Labute approximate surface area is 133 Å². The number of aromatic nitrogens is 2. The van der Waals surface area contributed by atoms with Crippen molar-refractivity contribution in [3.05, 3.63) is 40.8 Å². The van der Waals surface area contributed by atoms with Crippen LogP contribution in [0, 0.1) is 17.5 Å². The van der Waals surface area contributed by atoms with Gasteiger partial charge in [-0.1, -0.05) is 6.92 Å². The van der Waals surface area contributed by atoms with Gasteiger partial charge in [-0.3, -0.25) is 9.58 Å². The molecule has 3 nitrogen and oxygen atoms in total. The summed E-state index contributed by atoms with van der Waals surface area (Å²) in [5.74, 6) is -3.80. The first-order valence-corrected chi connectivity index (χ1v) is 7.77. The number of nitrogens with zero attached hydrogens (tertiary/aromatic N) is 3. The molecule has 124 valence electrons. The van der Waals surface area contributed by atoms with Gasteiger partial charge in [0.1, 0.15) is 0 Å². The van der Waals surface area contributed by atoms with Gasteiger partial charge >= 0.3 is 0 Å². The van der Waals surface area contributed by atoms with Crippen molar-refractivity contribution >= 4 is 0 Å². The highest BCUT2D eigenvalue weighted by Crippen LogP contribution is 2.38. The Morgan fingerprint density at radius 2 is 1.78 bits per heavy atom. The molecule has 0 fully saturated rings. The van der Waals surface area contributed by atoms with Crippen molar-refractivity contribution in [2.45, 2.75) is 38.8 Å². The van der Waals surface area contributed by atoms with E-state index in [4.69, 9.17) is 0 Å². The molecule has 1 aliphatic rings. The summed E-state index contributed by atoms with van der Waals surface area (Å²) in [5.41, 5.74) is 2.92. The molecule has 0 N–H and O–H groups in total. The molecule has 0 saturated heterocycles. The number of benzene rings is 1. The summed E-state index contributed by atoms with van der Waals surface area (Å²) in [6, 6.07) is 2.55. The molecule has 0 amide bonds. The Balaban J connectivity index is 2.20. The van der Waals surface area contributed by atoms with Crippen LogP contribution in [-0.2, 0) is 13.5 Å². The second-order valence-electron chi connectivity index (χ2n) is 6.23. The van der Waals surface area contributed by atoms with Crippen molar-refractivity contribution in [3.8, 4) is 11.3 Å². The van der Waals surface area contributed by atoms with Crippen molar-refractivity contribution < 1.29 is 13.2 Å². The number of likely N-dealkylation sites (N-methyl/N-ethyl adjacent to an activating group) is 1. The summed E-state index contributed by atoms with van der Waals surface area (Å²) < 4.78 is 42.1. The van der Waals surface area contributed by atoms with E-state index in [0.29, 0.717) is 17.3 Å². The van der Waals surface area contributed by atoms with E-state index in [2.05, 4.69) is 30.9 Å². The van der Waals surface area contributed by atoms with Crippen molar-refractivity contribution in [1.82, 2.24) is 14.7 Å². The first-order valence-electron chi connectivity index (χ1n) is 7.77. The first-order chi connectivity index (χ1) is 10.8. The summed E-state index contributed by atoms with van der Waals surface area (Å²) in [4.78, 5) is 2.27. The normalized spacial score (nSPS) is 21.5. The minimum absolute atomic E-state index is 0.170. The number of aryl methyl sites for hydroxylation is 1. The highest BCUT2D eigenvalue weighted by Gasteiger charge is 2.34. The molecule has 2 heterocycles. The lowest BCUT2D eigenvalue weighted by Gasteiger charge is -2.36. The molecule has 0 saturated carbocycles. The Morgan fingerprint density at radius 1 is 1.17 bits per heavy atom. The Morgan fingerprint density at radius 3 is 2.35 bits per heavy atom. The third kappa shape index (κ3) is 2.45. The van der Waals surface area contributed by atoms with Gasteiger partial charge in [-0.2, -0.15) is 5.10 Å². The fourth-order valence-electron chi connectivity index (χ4n) is 3.53. The van der Waals surface area contributed by atoms with E-state index in [1.807, 2.05) is 0 Å². The zero-order chi connectivity index (χ0) is 16.9. The number of rotatable bonds is 2. The van der Waals surface area contributed by atoms with E-state index >= 15 is 0 Å². The zero-order valence-corrected chi connectivity index (χ0v) is 13.7. The lowest BCUT2D eigenvalue weighted by atomic mass is 9.90. The van der Waals surface area contributed by atoms with Crippen molar-refractivity contribution in [1.29, 1.82) is 0 Å². The maximum Gasteiger partial charge on any atom is 0.194 e. The van der Waals surface area contributed by atoms with E-state index in [0.717, 1.165) is 36.2 Å². The molecular formula is C17H20F3N3. The van der Waals surface area contributed by atoms with Crippen LogP contribution >= 0.6 is 0 Å². The smallest absolute Gasteiger partial charge is 0.194 e. The second kappa shape index (κ2) is 5.67. The standard InChI is InChI=1S/C17H20F3N3/c1-5-14-16-11(6-9(2)22(14)3)17(23(4)21-16)10-7-12(18)15(20)13(19)8-10/h7-9,14H,5-6H2,1-4H3. The average Bonchev–Trinajstić information content (AvgIpc) is 2.81. The molecule has 2 unspecified atom stereocenters. The van der Waals surface area contributed by atoms with Crippen LogP contribution in [0.15, 0.2) is 12.1 Å². The van der Waals surface area contributed by atoms with Gasteiger partial charge in [0.15, 0.2) is 17.5 Å². The molecule has 0 radical (unpaired) electrons. The highest BCUT2D eigenvalue weighted by atomic mass is 19.2. The lowest BCUT2D eigenvalue weighted by Crippen LogP contribution is -2.38. The second-order valence-corrected chi connectivity index (χ2v) is 6.23. The van der Waals surface area contributed by atoms with Gasteiger partial charge in [0.05, 0.1) is 17.4 Å². The van der Waals surface area contributed by atoms with Gasteiger partial charge in [0.2, 0.25) is 0 Å². The van der Waals surface area contributed by atoms with Crippen LogP contribution in [0.4, 0.5) is 13.2 Å². The fraction of sp³-hybridized carbons (Fsp3) is 0.471. The number of fused-ring (bicyclic) bond motifs is 1. The Kier molecular flexibility index (Phi) is 3.96. The van der Waals surface area contributed by atoms with Gasteiger partial charge in [-0.05, 0) is 38.9 Å². The monoisotopic (exact) mass is 323 g/mol. The highest BCUT2D eigenvalue weighted by molar-refractivity contribution is 5.66. The fourth-order valence-corrected chi connectivity index (χ4v) is 3.53. The summed E-state index contributed by atoms with van der Waals surface area (Å²) >= 11 is 0. The topological polar surface area (TPSA) is 21.1 Å². The van der Waals surface area contributed by atoms with Gasteiger partial charge in [-0.15, -0.1) is 0 Å². The molecule has 1 aromatic heterocycles. The van der Waals surface area contributed by atoms with E-state index in [1.165, 1.54) is 0 Å². The van der Waals surface area contributed by atoms with Gasteiger partial charge in [-0.25, -0.2) is 13.2 Å². The zero-order valence-electron chi connectivity index (χ0n) is 13.7. The molecule has 2 atom stereocenters. The molecule has 3 rings (SSSR count). The summed E-state index contributed by atoms with van der Waals surface area (Å²) in [6.07, 6.45) is 1.64. The van der Waals surface area contributed by atoms with Crippen LogP contribution in [0.5, 0.6) is 0 Å². The van der Waals surface area contributed by atoms with Crippen molar-refractivity contribution in [3.63, 3.8) is 0 Å². The van der Waals surface area contributed by atoms with Gasteiger partial charge in [0, 0.05) is 24.2 Å². The predicted octanol–water partition coefficient (Wildman–Crippen LogP) is 3.83. The maximum atomic E-state index is 13.6. The molecule has 0 spiro atoms. The van der Waals surface area contributed by atoms with Crippen molar-refractivity contribution in [2.24, 2.45) is 7.05 Å². The largest absolute Gasteiger partial charge is 0.295 e. The van der Waals surface area contributed by atoms with Crippen LogP contribution in [0.25, 0.3) is 11.3 Å². The number of halogens is 3. The molecule has 6 heteroatoms. The van der Waals surface area contributed by atoms with Crippen LogP contribution in [0.3, 0.4) is 0 Å². The van der Waals surface area contributed by atoms with Gasteiger partial charge < -0.3 is 0 Å². The summed E-state index contributed by atoms with van der Waals surface area (Å²) in [5, 5.41) is 4.58. The number of hydrogen-bond donors (Lipinski definition) is 0. The van der Waals surface area contributed by atoms with Crippen LogP contribution in [-0.4, -0.2) is 27.8 Å². The third-order valence-electron chi connectivity index (χ3n) is 4.82. The molecule has 1 aromatic carbocycles. The molecule has 23 heavy (non-hydrogen) atoms. The van der Waals surface area contributed by atoms with Crippen LogP contribution in [0.2, 0.25) is 0 Å². The molecular weight excluding hydrogens is 303 g/mol. The molecule has 2 aromatic rings. The van der Waals surface area contributed by atoms with E-state index < -0.39 is 17.5 Å². The molecule has 0 bridgehead atoms. The van der Waals surface area contributed by atoms with Gasteiger partial charge in [0.25, 0.3) is 0 Å². The van der Waals surface area contributed by atoms with E-state index in [-0.39, 0.29) is 6.04 Å². The predicted molar refractivity (Wildman–Crippen MR) is 82.5 cm³/mol. The van der Waals surface area contributed by atoms with E-state index in [9.17, 15) is 13.2 Å². The Hall–Kier alpha value is -1.82. The summed E-state index contributed by atoms with van der Waals surface area (Å²) in [6.45, 7) is 4.21. The van der Waals surface area contributed by atoms with Crippen LogP contribution < -0.4 is 0 Å². The number of hydrogen-bond acceptors (Lipinski definition) is 2. The quantitative estimate of drug-likeness (QED) is 0.783. The maximum absolute atomic E-state index is 13.6. The molecule has 0 aliphatic carbocycles.